The maximum atomic E-state index is 9.57. The van der Waals surface area contributed by atoms with E-state index in [1.54, 1.807) is 23.0 Å². The standard InChI is InChI=1S/C23H19N7OS.C2H4O/c1-28-6-8-29(9-7-28)23-26-14-19(31-23)17-10-21(22-18(12-25)13-27-30(22)15-17)32-20-5-3-2-4-16(20)11-24;1-2-3/h2-5,10,13-15H,6-9H2,1H3;2H,1H3. The summed E-state index contributed by atoms with van der Waals surface area (Å²) in [5.41, 5.74) is 2.56. The number of fused-ring (bicyclic) bond motifs is 1. The number of rotatable bonds is 4. The normalized spacial score (nSPS) is 13.5. The molecule has 0 amide bonds. The van der Waals surface area contributed by atoms with E-state index in [1.165, 1.54) is 18.7 Å². The molecule has 0 unspecified atom stereocenters. The van der Waals surface area contributed by atoms with Crippen molar-refractivity contribution in [1.82, 2.24) is 19.5 Å². The Morgan fingerprint density at radius 1 is 1.06 bits per heavy atom. The molecule has 4 aromatic rings. The minimum absolute atomic E-state index is 0.476. The van der Waals surface area contributed by atoms with Gasteiger partial charge in [0.2, 0.25) is 0 Å². The van der Waals surface area contributed by atoms with E-state index in [0.29, 0.717) is 28.4 Å². The molecule has 35 heavy (non-hydrogen) atoms. The van der Waals surface area contributed by atoms with Gasteiger partial charge in [0.25, 0.3) is 6.01 Å². The van der Waals surface area contributed by atoms with E-state index in [1.807, 2.05) is 30.5 Å². The summed E-state index contributed by atoms with van der Waals surface area (Å²) < 4.78 is 7.79. The van der Waals surface area contributed by atoms with Gasteiger partial charge in [0.1, 0.15) is 18.4 Å². The number of piperazine rings is 1. The zero-order chi connectivity index (χ0) is 24.8. The monoisotopic (exact) mass is 485 g/mol. The molecule has 0 atom stereocenters. The predicted molar refractivity (Wildman–Crippen MR) is 132 cm³/mol. The van der Waals surface area contributed by atoms with Crippen LogP contribution in [0.3, 0.4) is 0 Å². The molecule has 1 aliphatic rings. The molecule has 0 radical (unpaired) electrons. The number of carbonyl (C=O) groups excluding carboxylic acids is 1. The molecule has 10 heteroatoms. The lowest BCUT2D eigenvalue weighted by Crippen LogP contribution is -2.44. The minimum atomic E-state index is 0.476. The first-order valence-corrected chi connectivity index (χ1v) is 11.8. The zero-order valence-corrected chi connectivity index (χ0v) is 20.2. The molecular formula is C25H23N7O2S. The van der Waals surface area contributed by atoms with Crippen molar-refractivity contribution in [2.45, 2.75) is 16.7 Å². The fourth-order valence-electron chi connectivity index (χ4n) is 3.69. The van der Waals surface area contributed by atoms with Crippen LogP contribution in [0.15, 0.2) is 63.1 Å². The third kappa shape index (κ3) is 5.19. The summed E-state index contributed by atoms with van der Waals surface area (Å²) in [6.45, 7) is 5.11. The lowest BCUT2D eigenvalue weighted by molar-refractivity contribution is -0.106. The average molecular weight is 486 g/mol. The smallest absolute Gasteiger partial charge is 0.297 e. The van der Waals surface area contributed by atoms with Gasteiger partial charge in [0.05, 0.1) is 29.0 Å². The third-order valence-corrected chi connectivity index (χ3v) is 6.58. The highest BCUT2D eigenvalue weighted by Crippen LogP contribution is 2.37. The average Bonchev–Trinajstić information content (AvgIpc) is 3.53. The summed E-state index contributed by atoms with van der Waals surface area (Å²) in [6, 6.07) is 14.4. The van der Waals surface area contributed by atoms with Crippen molar-refractivity contribution in [1.29, 1.82) is 10.5 Å². The fourth-order valence-corrected chi connectivity index (χ4v) is 4.78. The van der Waals surface area contributed by atoms with Crippen molar-refractivity contribution >= 4 is 29.6 Å². The Morgan fingerprint density at radius 2 is 1.77 bits per heavy atom. The topological polar surface area (TPSA) is 114 Å². The molecule has 1 fully saturated rings. The van der Waals surface area contributed by atoms with Crippen LogP contribution in [-0.4, -0.2) is 59.0 Å². The van der Waals surface area contributed by atoms with E-state index in [0.717, 1.165) is 47.8 Å². The van der Waals surface area contributed by atoms with Crippen LogP contribution in [0, 0.1) is 22.7 Å². The summed E-state index contributed by atoms with van der Waals surface area (Å²) in [7, 11) is 2.11. The van der Waals surface area contributed by atoms with Crippen LogP contribution in [0.4, 0.5) is 6.01 Å². The number of hydrogen-bond acceptors (Lipinski definition) is 9. The van der Waals surface area contributed by atoms with Gasteiger partial charge in [-0.05, 0) is 32.2 Å². The fraction of sp³-hybridized carbons (Fsp3) is 0.240. The third-order valence-electron chi connectivity index (χ3n) is 5.48. The first kappa shape index (κ1) is 24.0. The van der Waals surface area contributed by atoms with Gasteiger partial charge in [-0.1, -0.05) is 23.9 Å². The van der Waals surface area contributed by atoms with Gasteiger partial charge in [0.15, 0.2) is 5.76 Å². The van der Waals surface area contributed by atoms with E-state index in [2.05, 4.69) is 39.1 Å². The Hall–Kier alpha value is -4.12. The number of carbonyl (C=O) groups is 1. The number of nitriles is 2. The Kier molecular flexibility index (Phi) is 7.46. The molecule has 1 aromatic carbocycles. The Bertz CT molecular complexity index is 1420. The van der Waals surface area contributed by atoms with Crippen molar-refractivity contribution in [3.8, 4) is 23.5 Å². The van der Waals surface area contributed by atoms with Crippen LogP contribution < -0.4 is 4.90 Å². The van der Waals surface area contributed by atoms with E-state index < -0.39 is 0 Å². The number of oxazole rings is 1. The molecule has 1 saturated heterocycles. The number of benzene rings is 1. The first-order valence-electron chi connectivity index (χ1n) is 11.0. The van der Waals surface area contributed by atoms with Gasteiger partial charge in [-0.15, -0.1) is 0 Å². The lowest BCUT2D eigenvalue weighted by atomic mass is 10.2. The van der Waals surface area contributed by atoms with Gasteiger partial charge in [-0.25, -0.2) is 9.50 Å². The number of aromatic nitrogens is 3. The molecule has 176 valence electrons. The molecule has 0 spiro atoms. The van der Waals surface area contributed by atoms with E-state index >= 15 is 0 Å². The largest absolute Gasteiger partial charge is 0.423 e. The SMILES string of the molecule is CC=O.CN1CCN(c2ncc(-c3cc(Sc4ccccc4C#N)c4c(C#N)cnn4c3)o2)CC1. The number of aldehydes is 1. The molecule has 0 bridgehead atoms. The summed E-state index contributed by atoms with van der Waals surface area (Å²) in [6.07, 6.45) is 5.86. The van der Waals surface area contributed by atoms with E-state index in [-0.39, 0.29) is 0 Å². The quantitative estimate of drug-likeness (QED) is 0.398. The van der Waals surface area contributed by atoms with Crippen molar-refractivity contribution in [2.75, 3.05) is 38.1 Å². The highest BCUT2D eigenvalue weighted by Gasteiger charge is 2.20. The summed E-state index contributed by atoms with van der Waals surface area (Å²) in [5, 5.41) is 23.4. The number of hydrogen-bond donors (Lipinski definition) is 0. The van der Waals surface area contributed by atoms with Gasteiger partial charge in [-0.3, -0.25) is 0 Å². The van der Waals surface area contributed by atoms with Crippen molar-refractivity contribution in [3.63, 3.8) is 0 Å². The number of likely N-dealkylation sites (N-methyl/N-ethyl adjacent to an activating group) is 1. The summed E-state index contributed by atoms with van der Waals surface area (Å²) >= 11 is 1.43. The van der Waals surface area contributed by atoms with Crippen LogP contribution in [0.25, 0.3) is 16.8 Å². The molecule has 3 aromatic heterocycles. The Balaban J connectivity index is 0.000000917. The van der Waals surface area contributed by atoms with Gasteiger partial charge >= 0.3 is 0 Å². The highest BCUT2D eigenvalue weighted by atomic mass is 32.2. The molecule has 5 rings (SSSR count). The van der Waals surface area contributed by atoms with Crippen LogP contribution in [0.2, 0.25) is 0 Å². The molecule has 0 N–H and O–H groups in total. The second-order valence-electron chi connectivity index (χ2n) is 7.80. The van der Waals surface area contributed by atoms with Crippen molar-refractivity contribution in [2.24, 2.45) is 0 Å². The second kappa shape index (κ2) is 10.9. The Labute approximate surface area is 207 Å². The summed E-state index contributed by atoms with van der Waals surface area (Å²) in [4.78, 5) is 19.3. The van der Waals surface area contributed by atoms with Crippen LogP contribution in [0.5, 0.6) is 0 Å². The number of nitrogens with zero attached hydrogens (tertiary/aromatic N) is 7. The second-order valence-corrected chi connectivity index (χ2v) is 8.88. The van der Waals surface area contributed by atoms with Gasteiger partial charge in [-0.2, -0.15) is 15.6 Å². The maximum absolute atomic E-state index is 9.57. The number of pyridine rings is 1. The van der Waals surface area contributed by atoms with Crippen LogP contribution in [0.1, 0.15) is 18.1 Å². The highest BCUT2D eigenvalue weighted by molar-refractivity contribution is 7.99. The molecule has 0 saturated carbocycles. The minimum Gasteiger partial charge on any atom is -0.423 e. The van der Waals surface area contributed by atoms with E-state index in [4.69, 9.17) is 9.21 Å². The molecule has 0 aliphatic carbocycles. The lowest BCUT2D eigenvalue weighted by Gasteiger charge is -2.31. The predicted octanol–water partition coefficient (Wildman–Crippen LogP) is 3.84. The van der Waals surface area contributed by atoms with Gasteiger partial charge in [0, 0.05) is 47.7 Å². The van der Waals surface area contributed by atoms with E-state index in [9.17, 15) is 10.5 Å². The molecule has 4 heterocycles. The molecule has 1 aliphatic heterocycles. The molecular weight excluding hydrogens is 462 g/mol. The van der Waals surface area contributed by atoms with Gasteiger partial charge < -0.3 is 19.0 Å². The molecule has 9 nitrogen and oxygen atoms in total. The van der Waals surface area contributed by atoms with Crippen LogP contribution in [-0.2, 0) is 4.79 Å². The first-order chi connectivity index (χ1) is 17.1. The maximum Gasteiger partial charge on any atom is 0.297 e. The number of anilines is 1. The van der Waals surface area contributed by atoms with Crippen molar-refractivity contribution in [3.05, 3.63) is 60.0 Å². The van der Waals surface area contributed by atoms with Crippen LogP contribution >= 0.6 is 11.8 Å². The Morgan fingerprint density at radius 3 is 2.49 bits per heavy atom. The van der Waals surface area contributed by atoms with Crippen molar-refractivity contribution < 1.29 is 9.21 Å². The summed E-state index contributed by atoms with van der Waals surface area (Å²) in [5.74, 6) is 0.630. The zero-order valence-electron chi connectivity index (χ0n) is 19.4.